The first-order valence-electron chi connectivity index (χ1n) is 10.5. The van der Waals surface area contributed by atoms with E-state index in [1.807, 2.05) is 19.0 Å². The van der Waals surface area contributed by atoms with Gasteiger partial charge in [0.25, 0.3) is 0 Å². The standard InChI is InChI=1S/C22H34N4O6S/c1-24(2)9-10-25(21(27)16-31-4)15-19-14-23-22(26(19)11-12-30-3)33(28,29)17-18-7-6-8-20(13-18)32-5/h6-8,13-14H,9-12,15-17H2,1-5H3. The van der Waals surface area contributed by atoms with Gasteiger partial charge in [0, 0.05) is 33.9 Å². The second-order valence-electron chi connectivity index (χ2n) is 7.84. The van der Waals surface area contributed by atoms with Crippen molar-refractivity contribution in [3.05, 3.63) is 41.7 Å². The van der Waals surface area contributed by atoms with Crippen LogP contribution in [0, 0.1) is 0 Å². The summed E-state index contributed by atoms with van der Waals surface area (Å²) in [5, 5.41) is -0.0517. The molecule has 1 amide bonds. The van der Waals surface area contributed by atoms with Crippen LogP contribution in [-0.4, -0.2) is 95.4 Å². The zero-order valence-electron chi connectivity index (χ0n) is 20.0. The van der Waals surface area contributed by atoms with Crippen molar-refractivity contribution in [1.29, 1.82) is 0 Å². The van der Waals surface area contributed by atoms with Gasteiger partial charge in [-0.05, 0) is 31.8 Å². The second-order valence-corrected chi connectivity index (χ2v) is 9.72. The SMILES string of the molecule is COCCn1c(CN(CCN(C)C)C(=O)COC)cnc1S(=O)(=O)Cc1cccc(OC)c1. The first-order chi connectivity index (χ1) is 15.7. The lowest BCUT2D eigenvalue weighted by Crippen LogP contribution is -2.38. The highest BCUT2D eigenvalue weighted by Gasteiger charge is 2.26. The van der Waals surface area contributed by atoms with Crippen LogP contribution in [0.1, 0.15) is 11.3 Å². The van der Waals surface area contributed by atoms with Crippen LogP contribution in [0.2, 0.25) is 0 Å². The minimum atomic E-state index is -3.77. The van der Waals surface area contributed by atoms with E-state index in [1.165, 1.54) is 20.4 Å². The quantitative estimate of drug-likeness (QED) is 0.394. The highest BCUT2D eigenvalue weighted by molar-refractivity contribution is 7.90. The van der Waals surface area contributed by atoms with Crippen molar-refractivity contribution in [2.75, 3.05) is 61.7 Å². The van der Waals surface area contributed by atoms with Gasteiger partial charge in [-0.1, -0.05) is 12.1 Å². The molecule has 2 aromatic rings. The molecular formula is C22H34N4O6S. The molecule has 33 heavy (non-hydrogen) atoms. The molecule has 1 aromatic carbocycles. The number of rotatable bonds is 14. The molecule has 0 aliphatic rings. The molecule has 0 saturated heterocycles. The van der Waals surface area contributed by atoms with E-state index in [1.54, 1.807) is 40.8 Å². The average molecular weight is 483 g/mol. The maximum atomic E-state index is 13.3. The van der Waals surface area contributed by atoms with Gasteiger partial charge in [-0.25, -0.2) is 13.4 Å². The summed E-state index contributed by atoms with van der Waals surface area (Å²) in [5.41, 5.74) is 1.21. The lowest BCUT2D eigenvalue weighted by atomic mass is 10.2. The first kappa shape index (κ1) is 26.8. The average Bonchev–Trinajstić information content (AvgIpc) is 3.18. The number of amides is 1. The number of sulfone groups is 1. The lowest BCUT2D eigenvalue weighted by Gasteiger charge is -2.25. The van der Waals surface area contributed by atoms with Crippen molar-refractivity contribution < 1.29 is 27.4 Å². The van der Waals surface area contributed by atoms with Crippen LogP contribution in [0.5, 0.6) is 5.75 Å². The Bertz CT molecular complexity index is 1010. The van der Waals surface area contributed by atoms with E-state index >= 15 is 0 Å². The second kappa shape index (κ2) is 12.7. The number of aromatic nitrogens is 2. The van der Waals surface area contributed by atoms with Crippen molar-refractivity contribution in [3.8, 4) is 5.75 Å². The molecule has 184 valence electrons. The van der Waals surface area contributed by atoms with E-state index in [-0.39, 0.29) is 30.0 Å². The number of ether oxygens (including phenoxy) is 3. The number of methoxy groups -OCH3 is 3. The Labute approximate surface area is 196 Å². The highest BCUT2D eigenvalue weighted by Crippen LogP contribution is 2.21. The number of nitrogens with zero attached hydrogens (tertiary/aromatic N) is 4. The van der Waals surface area contributed by atoms with Crippen LogP contribution in [0.15, 0.2) is 35.6 Å². The maximum Gasteiger partial charge on any atom is 0.248 e. The Morgan fingerprint density at radius 1 is 1.12 bits per heavy atom. The molecule has 2 rings (SSSR count). The molecular weight excluding hydrogens is 448 g/mol. The van der Waals surface area contributed by atoms with Gasteiger partial charge in [0.15, 0.2) is 0 Å². The van der Waals surface area contributed by atoms with Crippen molar-refractivity contribution in [2.24, 2.45) is 0 Å². The summed E-state index contributed by atoms with van der Waals surface area (Å²) in [5.74, 6) is 0.180. The van der Waals surface area contributed by atoms with E-state index < -0.39 is 9.84 Å². The number of benzene rings is 1. The molecule has 0 N–H and O–H groups in total. The van der Waals surface area contributed by atoms with Crippen LogP contribution in [0.25, 0.3) is 0 Å². The van der Waals surface area contributed by atoms with Crippen LogP contribution in [0.4, 0.5) is 0 Å². The molecule has 0 unspecified atom stereocenters. The summed E-state index contributed by atoms with van der Waals surface area (Å²) in [7, 11) is 4.62. The number of carbonyl (C=O) groups excluding carboxylic acids is 1. The molecule has 0 fully saturated rings. The molecule has 0 bridgehead atoms. The molecule has 0 spiro atoms. The molecule has 10 nitrogen and oxygen atoms in total. The van der Waals surface area contributed by atoms with Gasteiger partial charge in [0.1, 0.15) is 12.4 Å². The van der Waals surface area contributed by atoms with E-state index in [0.29, 0.717) is 43.2 Å². The Balaban J connectivity index is 2.36. The monoisotopic (exact) mass is 482 g/mol. The maximum absolute atomic E-state index is 13.3. The summed E-state index contributed by atoms with van der Waals surface area (Å²) in [6.07, 6.45) is 1.51. The Morgan fingerprint density at radius 2 is 1.88 bits per heavy atom. The van der Waals surface area contributed by atoms with E-state index in [9.17, 15) is 13.2 Å². The summed E-state index contributed by atoms with van der Waals surface area (Å²) in [6, 6.07) is 6.92. The summed E-state index contributed by atoms with van der Waals surface area (Å²) in [6.45, 7) is 1.87. The molecule has 0 aliphatic carbocycles. The molecule has 0 saturated carbocycles. The Hall–Kier alpha value is -2.47. The molecule has 0 aliphatic heterocycles. The third-order valence-electron chi connectivity index (χ3n) is 4.98. The normalized spacial score (nSPS) is 11.7. The van der Waals surface area contributed by atoms with Gasteiger partial charge in [0.05, 0.1) is 37.9 Å². The number of hydrogen-bond acceptors (Lipinski definition) is 8. The van der Waals surface area contributed by atoms with Gasteiger partial charge in [-0.2, -0.15) is 0 Å². The van der Waals surface area contributed by atoms with Gasteiger partial charge < -0.3 is 28.6 Å². The lowest BCUT2D eigenvalue weighted by molar-refractivity contribution is -0.136. The first-order valence-corrected chi connectivity index (χ1v) is 12.2. The fourth-order valence-electron chi connectivity index (χ4n) is 3.26. The van der Waals surface area contributed by atoms with E-state index in [2.05, 4.69) is 4.98 Å². The fourth-order valence-corrected chi connectivity index (χ4v) is 4.76. The van der Waals surface area contributed by atoms with Crippen LogP contribution >= 0.6 is 0 Å². The topological polar surface area (TPSA) is 103 Å². The zero-order valence-corrected chi connectivity index (χ0v) is 20.8. The predicted octanol–water partition coefficient (Wildman–Crippen LogP) is 1.05. The van der Waals surface area contributed by atoms with Gasteiger partial charge in [0.2, 0.25) is 20.9 Å². The van der Waals surface area contributed by atoms with Crippen molar-refractivity contribution >= 4 is 15.7 Å². The van der Waals surface area contributed by atoms with Crippen molar-refractivity contribution in [2.45, 2.75) is 24.0 Å². The van der Waals surface area contributed by atoms with Crippen LogP contribution in [0.3, 0.4) is 0 Å². The summed E-state index contributed by atoms with van der Waals surface area (Å²) in [4.78, 5) is 20.4. The van der Waals surface area contributed by atoms with Gasteiger partial charge in [-0.15, -0.1) is 0 Å². The molecule has 0 radical (unpaired) electrons. The van der Waals surface area contributed by atoms with Gasteiger partial charge in [-0.3, -0.25) is 4.79 Å². The van der Waals surface area contributed by atoms with Gasteiger partial charge >= 0.3 is 0 Å². The van der Waals surface area contributed by atoms with E-state index in [0.717, 1.165) is 0 Å². The summed E-state index contributed by atoms with van der Waals surface area (Å²) < 4.78 is 43.5. The minimum Gasteiger partial charge on any atom is -0.497 e. The Morgan fingerprint density at radius 3 is 2.52 bits per heavy atom. The summed E-state index contributed by atoms with van der Waals surface area (Å²) >= 11 is 0. The van der Waals surface area contributed by atoms with Crippen molar-refractivity contribution in [1.82, 2.24) is 19.4 Å². The number of imidazole rings is 1. The largest absolute Gasteiger partial charge is 0.497 e. The highest BCUT2D eigenvalue weighted by atomic mass is 32.2. The molecule has 1 heterocycles. The smallest absolute Gasteiger partial charge is 0.248 e. The third kappa shape index (κ3) is 7.81. The number of carbonyl (C=O) groups is 1. The number of hydrogen-bond donors (Lipinski definition) is 0. The molecule has 11 heteroatoms. The number of likely N-dealkylation sites (N-methyl/N-ethyl adjacent to an activating group) is 1. The van der Waals surface area contributed by atoms with Crippen LogP contribution in [-0.2, 0) is 42.9 Å². The van der Waals surface area contributed by atoms with E-state index in [4.69, 9.17) is 14.2 Å². The predicted molar refractivity (Wildman–Crippen MR) is 124 cm³/mol. The fraction of sp³-hybridized carbons (Fsp3) is 0.545. The Kier molecular flexibility index (Phi) is 10.3. The zero-order chi connectivity index (χ0) is 24.4. The minimum absolute atomic E-state index is 0.0517. The third-order valence-corrected chi connectivity index (χ3v) is 6.58. The van der Waals surface area contributed by atoms with Crippen molar-refractivity contribution in [3.63, 3.8) is 0 Å². The molecule has 1 aromatic heterocycles. The molecule has 0 atom stereocenters. The van der Waals surface area contributed by atoms with Crippen LogP contribution < -0.4 is 4.74 Å².